The highest BCUT2D eigenvalue weighted by Gasteiger charge is 2.07. The normalized spacial score (nSPS) is 10.7. The minimum absolute atomic E-state index is 0.649. The molecule has 0 aliphatic rings. The van der Waals surface area contributed by atoms with E-state index in [2.05, 4.69) is 34.5 Å². The van der Waals surface area contributed by atoms with Crippen LogP contribution in [-0.4, -0.2) is 14.8 Å². The molecule has 0 spiro atoms. The Labute approximate surface area is 129 Å². The highest BCUT2D eigenvalue weighted by Crippen LogP contribution is 2.13. The highest BCUT2D eigenvalue weighted by molar-refractivity contribution is 7.71. The summed E-state index contributed by atoms with van der Waals surface area (Å²) in [6.07, 6.45) is 3.00. The van der Waals surface area contributed by atoms with E-state index in [4.69, 9.17) is 12.2 Å². The molecule has 1 aromatic heterocycles. The van der Waals surface area contributed by atoms with Crippen LogP contribution in [0.25, 0.3) is 5.69 Å². The molecule has 0 amide bonds. The van der Waals surface area contributed by atoms with E-state index >= 15 is 0 Å². The first-order chi connectivity index (χ1) is 10.3. The first-order valence-electron chi connectivity index (χ1n) is 7.10. The van der Waals surface area contributed by atoms with Crippen molar-refractivity contribution in [3.63, 3.8) is 0 Å². The number of hydrogen-bond acceptors (Lipinski definition) is 2. The summed E-state index contributed by atoms with van der Waals surface area (Å²) in [5, 5.41) is 7.27. The molecular weight excluding hydrogens is 278 g/mol. The van der Waals surface area contributed by atoms with Crippen molar-refractivity contribution >= 4 is 12.2 Å². The summed E-state index contributed by atoms with van der Waals surface area (Å²) in [5.74, 6) is 0.988. The Hall–Kier alpha value is -2.20. The van der Waals surface area contributed by atoms with Gasteiger partial charge in [-0.15, -0.1) is 0 Å². The lowest BCUT2D eigenvalue weighted by Gasteiger charge is -2.06. The van der Waals surface area contributed by atoms with Crippen molar-refractivity contribution in [3.8, 4) is 5.69 Å². The molecule has 1 N–H and O–H groups in total. The van der Waals surface area contributed by atoms with E-state index in [-0.39, 0.29) is 0 Å². The molecule has 21 heavy (non-hydrogen) atoms. The molecule has 0 saturated heterocycles. The number of nitrogens with zero attached hydrogens (tertiary/aromatic N) is 2. The smallest absolute Gasteiger partial charge is 0.199 e. The summed E-state index contributed by atoms with van der Waals surface area (Å²) in [4.78, 5) is 0. The molecule has 0 aliphatic carbocycles. The Morgan fingerprint density at radius 2 is 1.57 bits per heavy atom. The molecule has 1 heterocycles. The molecule has 0 radical (unpaired) electrons. The summed E-state index contributed by atoms with van der Waals surface area (Å²) in [5.41, 5.74) is 2.42. The Bertz CT molecular complexity index is 744. The van der Waals surface area contributed by atoms with Crippen molar-refractivity contribution in [3.05, 3.63) is 76.8 Å². The van der Waals surface area contributed by atoms with Gasteiger partial charge in [0.2, 0.25) is 0 Å². The van der Waals surface area contributed by atoms with Crippen LogP contribution >= 0.6 is 12.2 Å². The van der Waals surface area contributed by atoms with Gasteiger partial charge in [0, 0.05) is 12.1 Å². The van der Waals surface area contributed by atoms with E-state index in [1.165, 1.54) is 5.56 Å². The van der Waals surface area contributed by atoms with Crippen LogP contribution in [0.4, 0.5) is 0 Å². The van der Waals surface area contributed by atoms with Crippen LogP contribution in [0.3, 0.4) is 0 Å². The summed E-state index contributed by atoms with van der Waals surface area (Å²) in [7, 11) is 0. The van der Waals surface area contributed by atoms with Crippen LogP contribution in [0.2, 0.25) is 0 Å². The molecule has 0 fully saturated rings. The SMILES string of the molecule is S=c1[nH]nc(CCCc2ccccc2)n1-c1ccccc1. The fraction of sp³-hybridized carbons (Fsp3) is 0.176. The topological polar surface area (TPSA) is 33.6 Å². The number of benzene rings is 2. The first kappa shape index (κ1) is 13.8. The van der Waals surface area contributed by atoms with Crippen molar-refractivity contribution in [1.29, 1.82) is 0 Å². The standard InChI is InChI=1S/C17H17N3S/c21-17-19-18-16(20(17)15-11-5-2-6-12-15)13-7-10-14-8-3-1-4-9-14/h1-6,8-9,11-12H,7,10,13H2,(H,19,21). The van der Waals surface area contributed by atoms with Gasteiger partial charge in [-0.2, -0.15) is 5.10 Å². The van der Waals surface area contributed by atoms with Crippen LogP contribution in [0, 0.1) is 4.77 Å². The van der Waals surface area contributed by atoms with Crippen LogP contribution in [0.15, 0.2) is 60.7 Å². The van der Waals surface area contributed by atoms with E-state index in [0.29, 0.717) is 4.77 Å². The molecule has 3 nitrogen and oxygen atoms in total. The van der Waals surface area contributed by atoms with Crippen molar-refractivity contribution in [2.75, 3.05) is 0 Å². The monoisotopic (exact) mass is 295 g/mol. The van der Waals surface area contributed by atoms with E-state index < -0.39 is 0 Å². The summed E-state index contributed by atoms with van der Waals surface area (Å²) in [6, 6.07) is 20.6. The Balaban J connectivity index is 1.74. The maximum atomic E-state index is 5.34. The number of hydrogen-bond donors (Lipinski definition) is 1. The minimum atomic E-state index is 0.649. The second-order valence-electron chi connectivity index (χ2n) is 4.96. The third kappa shape index (κ3) is 3.28. The van der Waals surface area contributed by atoms with Gasteiger partial charge in [0.1, 0.15) is 5.82 Å². The van der Waals surface area contributed by atoms with Gasteiger partial charge in [-0.1, -0.05) is 48.5 Å². The van der Waals surface area contributed by atoms with Gasteiger partial charge < -0.3 is 0 Å². The average Bonchev–Trinajstić information content (AvgIpc) is 2.90. The van der Waals surface area contributed by atoms with Gasteiger partial charge in [0.05, 0.1) is 0 Å². The van der Waals surface area contributed by atoms with E-state index in [1.807, 2.05) is 41.0 Å². The molecular formula is C17H17N3S. The van der Waals surface area contributed by atoms with E-state index in [0.717, 1.165) is 30.8 Å². The number of aryl methyl sites for hydroxylation is 2. The average molecular weight is 295 g/mol. The van der Waals surface area contributed by atoms with Crippen LogP contribution in [0.1, 0.15) is 17.8 Å². The zero-order chi connectivity index (χ0) is 14.5. The summed E-state index contributed by atoms with van der Waals surface area (Å²) in [6.45, 7) is 0. The first-order valence-corrected chi connectivity index (χ1v) is 7.51. The third-order valence-electron chi connectivity index (χ3n) is 3.46. The van der Waals surface area contributed by atoms with Crippen LogP contribution in [-0.2, 0) is 12.8 Å². The van der Waals surface area contributed by atoms with Gasteiger partial charge in [0.15, 0.2) is 4.77 Å². The lowest BCUT2D eigenvalue weighted by molar-refractivity contribution is 0.750. The number of rotatable bonds is 5. The zero-order valence-corrected chi connectivity index (χ0v) is 12.5. The summed E-state index contributed by atoms with van der Waals surface area (Å²) >= 11 is 5.34. The molecule has 0 saturated carbocycles. The fourth-order valence-corrected chi connectivity index (χ4v) is 2.69. The molecule has 2 aromatic carbocycles. The second-order valence-corrected chi connectivity index (χ2v) is 5.34. The number of nitrogens with one attached hydrogen (secondary N) is 1. The van der Waals surface area contributed by atoms with Gasteiger partial charge >= 0.3 is 0 Å². The molecule has 3 rings (SSSR count). The van der Waals surface area contributed by atoms with Gasteiger partial charge in [0.25, 0.3) is 0 Å². The van der Waals surface area contributed by atoms with Gasteiger partial charge in [-0.3, -0.25) is 9.67 Å². The van der Waals surface area contributed by atoms with E-state index in [9.17, 15) is 0 Å². The summed E-state index contributed by atoms with van der Waals surface area (Å²) < 4.78 is 2.66. The molecule has 3 aromatic rings. The lowest BCUT2D eigenvalue weighted by Crippen LogP contribution is -2.02. The Morgan fingerprint density at radius 3 is 2.29 bits per heavy atom. The maximum absolute atomic E-state index is 5.34. The molecule has 0 bridgehead atoms. The zero-order valence-electron chi connectivity index (χ0n) is 11.7. The molecule has 0 unspecified atom stereocenters. The lowest BCUT2D eigenvalue weighted by atomic mass is 10.1. The number of aromatic nitrogens is 3. The van der Waals surface area contributed by atoms with Crippen molar-refractivity contribution < 1.29 is 0 Å². The third-order valence-corrected chi connectivity index (χ3v) is 3.74. The number of para-hydroxylation sites is 1. The molecule has 106 valence electrons. The maximum Gasteiger partial charge on any atom is 0.199 e. The predicted octanol–water partition coefficient (Wildman–Crippen LogP) is 4.11. The van der Waals surface area contributed by atoms with Crippen LogP contribution < -0.4 is 0 Å². The molecule has 0 atom stereocenters. The molecule has 4 heteroatoms. The van der Waals surface area contributed by atoms with Gasteiger partial charge in [-0.05, 0) is 42.8 Å². The van der Waals surface area contributed by atoms with Crippen LogP contribution in [0.5, 0.6) is 0 Å². The number of aromatic amines is 1. The fourth-order valence-electron chi connectivity index (χ4n) is 2.44. The van der Waals surface area contributed by atoms with E-state index in [1.54, 1.807) is 0 Å². The Morgan fingerprint density at radius 1 is 0.905 bits per heavy atom. The molecule has 0 aliphatic heterocycles. The largest absolute Gasteiger partial charge is 0.272 e. The van der Waals surface area contributed by atoms with Crippen molar-refractivity contribution in [2.45, 2.75) is 19.3 Å². The Kier molecular flexibility index (Phi) is 4.26. The number of H-pyrrole nitrogens is 1. The van der Waals surface area contributed by atoms with Crippen molar-refractivity contribution in [1.82, 2.24) is 14.8 Å². The minimum Gasteiger partial charge on any atom is -0.272 e. The quantitative estimate of drug-likeness (QED) is 0.719. The predicted molar refractivity (Wildman–Crippen MR) is 87.2 cm³/mol. The van der Waals surface area contributed by atoms with Gasteiger partial charge in [-0.25, -0.2) is 0 Å². The highest BCUT2D eigenvalue weighted by atomic mass is 32.1. The second kappa shape index (κ2) is 6.50. The van der Waals surface area contributed by atoms with Crippen molar-refractivity contribution in [2.24, 2.45) is 0 Å².